The molecule has 1 aromatic carbocycles. The highest BCUT2D eigenvalue weighted by Crippen LogP contribution is 2.14. The molecule has 9 nitrogen and oxygen atoms in total. The highest BCUT2D eigenvalue weighted by Gasteiger charge is 2.29. The Morgan fingerprint density at radius 3 is 2.41 bits per heavy atom. The quantitative estimate of drug-likeness (QED) is 0.217. The first-order valence-corrected chi connectivity index (χ1v) is 6.33. The zero-order valence-corrected chi connectivity index (χ0v) is 11.4. The Balaban J connectivity index is 2.58. The lowest BCUT2D eigenvalue weighted by atomic mass is 10.0. The fraction of sp³-hybridized carbons (Fsp3) is 0.385. The molecule has 22 heavy (non-hydrogen) atoms. The second-order valence-corrected chi connectivity index (χ2v) is 4.46. The Labute approximate surface area is 125 Å². The van der Waals surface area contributed by atoms with Crippen molar-refractivity contribution in [3.8, 4) is 5.75 Å². The van der Waals surface area contributed by atoms with Crippen LogP contribution in [0.25, 0.3) is 0 Å². The molecule has 7 N–H and O–H groups in total. The molecule has 0 aliphatic carbocycles. The number of hydrogen-bond acceptors (Lipinski definition) is 8. The van der Waals surface area contributed by atoms with E-state index in [0.29, 0.717) is 0 Å². The Hall–Kier alpha value is -2.04. The van der Waals surface area contributed by atoms with Gasteiger partial charge in [0.25, 0.3) is 5.91 Å². The van der Waals surface area contributed by atoms with Crippen LogP contribution in [0.2, 0.25) is 0 Å². The molecule has 0 saturated heterocycles. The first kappa shape index (κ1) is 18.0. The van der Waals surface area contributed by atoms with Crippen LogP contribution in [-0.4, -0.2) is 73.8 Å². The highest BCUT2D eigenvalue weighted by atomic mass is 16.4. The number of amides is 1. The standard InChI is InChI=1S/C13H18N2O7/c16-6-10(19)12(21)11(20)9(18)5-14-15-13(22)7-3-1-2-4-8(7)17/h1-5,9-12,16-21H,6H2,(H,15,22)/t9-,10-,11-,12-/m1/s1. The van der Waals surface area contributed by atoms with Crippen molar-refractivity contribution in [2.45, 2.75) is 24.4 Å². The number of benzene rings is 1. The number of rotatable bonds is 7. The lowest BCUT2D eigenvalue weighted by Gasteiger charge is -2.23. The minimum Gasteiger partial charge on any atom is -0.507 e. The van der Waals surface area contributed by atoms with Gasteiger partial charge in [-0.3, -0.25) is 4.79 Å². The minimum absolute atomic E-state index is 0.0366. The maximum atomic E-state index is 11.7. The van der Waals surface area contributed by atoms with Gasteiger partial charge in [-0.2, -0.15) is 5.10 Å². The molecule has 1 rings (SSSR count). The zero-order valence-electron chi connectivity index (χ0n) is 11.4. The van der Waals surface area contributed by atoms with Gasteiger partial charge in [0.05, 0.1) is 18.4 Å². The summed E-state index contributed by atoms with van der Waals surface area (Å²) >= 11 is 0. The van der Waals surface area contributed by atoms with Crippen LogP contribution in [0, 0.1) is 0 Å². The van der Waals surface area contributed by atoms with E-state index in [-0.39, 0.29) is 11.3 Å². The monoisotopic (exact) mass is 314 g/mol. The summed E-state index contributed by atoms with van der Waals surface area (Å²) in [5, 5.41) is 59.0. The summed E-state index contributed by atoms with van der Waals surface area (Å²) in [4.78, 5) is 11.7. The van der Waals surface area contributed by atoms with Crippen molar-refractivity contribution < 1.29 is 35.4 Å². The molecule has 0 spiro atoms. The lowest BCUT2D eigenvalue weighted by Crippen LogP contribution is -2.46. The molecule has 0 aliphatic rings. The van der Waals surface area contributed by atoms with Crippen LogP contribution in [0.15, 0.2) is 29.4 Å². The number of hydrogen-bond donors (Lipinski definition) is 7. The average Bonchev–Trinajstić information content (AvgIpc) is 2.52. The molecule has 1 amide bonds. The van der Waals surface area contributed by atoms with Crippen LogP contribution in [0.3, 0.4) is 0 Å². The number of phenolic OH excluding ortho intramolecular Hbond substituents is 1. The van der Waals surface area contributed by atoms with E-state index >= 15 is 0 Å². The second kappa shape index (κ2) is 8.41. The van der Waals surface area contributed by atoms with Crippen molar-refractivity contribution in [1.29, 1.82) is 0 Å². The van der Waals surface area contributed by atoms with Crippen molar-refractivity contribution in [3.63, 3.8) is 0 Å². The zero-order chi connectivity index (χ0) is 16.7. The summed E-state index contributed by atoms with van der Waals surface area (Å²) in [5.41, 5.74) is 1.98. The van der Waals surface area contributed by atoms with Crippen LogP contribution in [-0.2, 0) is 0 Å². The number of phenols is 1. The number of nitrogens with one attached hydrogen (secondary N) is 1. The van der Waals surface area contributed by atoms with Crippen LogP contribution >= 0.6 is 0 Å². The molecule has 9 heteroatoms. The van der Waals surface area contributed by atoms with Crippen molar-refractivity contribution >= 4 is 12.1 Å². The predicted octanol–water partition coefficient (Wildman–Crippen LogP) is -2.46. The van der Waals surface area contributed by atoms with E-state index in [1.54, 1.807) is 0 Å². The lowest BCUT2D eigenvalue weighted by molar-refractivity contribution is -0.0999. The Morgan fingerprint density at radius 1 is 1.18 bits per heavy atom. The molecule has 0 saturated carbocycles. The minimum atomic E-state index is -1.81. The maximum Gasteiger partial charge on any atom is 0.275 e. The predicted molar refractivity (Wildman–Crippen MR) is 75.2 cm³/mol. The van der Waals surface area contributed by atoms with Crippen LogP contribution in [0.1, 0.15) is 10.4 Å². The van der Waals surface area contributed by atoms with Gasteiger partial charge in [0.1, 0.15) is 30.2 Å². The molecule has 0 unspecified atom stereocenters. The van der Waals surface area contributed by atoms with E-state index in [9.17, 15) is 25.2 Å². The number of aromatic hydroxyl groups is 1. The van der Waals surface area contributed by atoms with Crippen LogP contribution in [0.4, 0.5) is 0 Å². The maximum absolute atomic E-state index is 11.7. The molecular formula is C13H18N2O7. The van der Waals surface area contributed by atoms with E-state index in [1.165, 1.54) is 24.3 Å². The topological polar surface area (TPSA) is 163 Å². The van der Waals surface area contributed by atoms with Gasteiger partial charge in [-0.15, -0.1) is 0 Å². The number of hydrazone groups is 1. The van der Waals surface area contributed by atoms with E-state index in [4.69, 9.17) is 10.2 Å². The summed E-state index contributed by atoms with van der Waals surface area (Å²) in [6, 6.07) is 5.73. The van der Waals surface area contributed by atoms with Crippen molar-refractivity contribution in [1.82, 2.24) is 5.43 Å². The smallest absolute Gasteiger partial charge is 0.275 e. The van der Waals surface area contributed by atoms with Crippen molar-refractivity contribution in [2.24, 2.45) is 5.10 Å². The molecule has 4 atom stereocenters. The van der Waals surface area contributed by atoms with Gasteiger partial charge < -0.3 is 30.6 Å². The molecule has 0 aliphatic heterocycles. The number of carbonyl (C=O) groups excluding carboxylic acids is 1. The molecule has 0 radical (unpaired) electrons. The number of nitrogens with zero attached hydrogens (tertiary/aromatic N) is 1. The molecule has 0 heterocycles. The summed E-state index contributed by atoms with van der Waals surface area (Å²) < 4.78 is 0. The third-order valence-corrected chi connectivity index (χ3v) is 2.82. The summed E-state index contributed by atoms with van der Waals surface area (Å²) in [5.74, 6) is -0.996. The number of aliphatic hydroxyl groups excluding tert-OH is 5. The van der Waals surface area contributed by atoms with Crippen LogP contribution < -0.4 is 5.43 Å². The third-order valence-electron chi connectivity index (χ3n) is 2.82. The molecule has 122 valence electrons. The van der Waals surface area contributed by atoms with E-state index in [1.807, 2.05) is 5.43 Å². The largest absolute Gasteiger partial charge is 0.507 e. The average molecular weight is 314 g/mol. The third kappa shape index (κ3) is 4.76. The highest BCUT2D eigenvalue weighted by molar-refractivity contribution is 5.96. The van der Waals surface area contributed by atoms with E-state index < -0.39 is 36.9 Å². The summed E-state index contributed by atoms with van der Waals surface area (Å²) in [6.07, 6.45) is -6.20. The fourth-order valence-corrected chi connectivity index (χ4v) is 1.52. The van der Waals surface area contributed by atoms with E-state index in [2.05, 4.69) is 5.10 Å². The summed E-state index contributed by atoms with van der Waals surface area (Å²) in [6.45, 7) is -0.799. The van der Waals surface area contributed by atoms with Gasteiger partial charge in [-0.05, 0) is 12.1 Å². The molecular weight excluding hydrogens is 296 g/mol. The van der Waals surface area contributed by atoms with Gasteiger partial charge in [0.2, 0.25) is 0 Å². The van der Waals surface area contributed by atoms with Gasteiger partial charge >= 0.3 is 0 Å². The molecule has 1 aromatic rings. The Kier molecular flexibility index (Phi) is 6.89. The van der Waals surface area contributed by atoms with Gasteiger partial charge in [0.15, 0.2) is 0 Å². The number of aliphatic hydroxyl groups is 5. The van der Waals surface area contributed by atoms with Gasteiger partial charge in [-0.25, -0.2) is 5.43 Å². The second-order valence-electron chi connectivity index (χ2n) is 4.46. The summed E-state index contributed by atoms with van der Waals surface area (Å²) in [7, 11) is 0. The van der Waals surface area contributed by atoms with Crippen molar-refractivity contribution in [2.75, 3.05) is 6.61 Å². The Bertz CT molecular complexity index is 523. The number of para-hydroxylation sites is 1. The van der Waals surface area contributed by atoms with Crippen LogP contribution in [0.5, 0.6) is 5.75 Å². The van der Waals surface area contributed by atoms with Gasteiger partial charge in [-0.1, -0.05) is 12.1 Å². The number of carbonyl (C=O) groups is 1. The molecule has 0 aromatic heterocycles. The molecule has 0 fully saturated rings. The first-order valence-electron chi connectivity index (χ1n) is 6.33. The fourth-order valence-electron chi connectivity index (χ4n) is 1.52. The van der Waals surface area contributed by atoms with Crippen molar-refractivity contribution in [3.05, 3.63) is 29.8 Å². The normalized spacial score (nSPS) is 17.0. The molecule has 0 bridgehead atoms. The first-order chi connectivity index (χ1) is 10.4. The Morgan fingerprint density at radius 2 is 1.82 bits per heavy atom. The van der Waals surface area contributed by atoms with Gasteiger partial charge in [0, 0.05) is 0 Å². The SMILES string of the molecule is O=C(NN=C[C@@H](O)[C@@H](O)[C@H](O)[C@H](O)CO)c1ccccc1O. The van der Waals surface area contributed by atoms with E-state index in [0.717, 1.165) is 6.21 Å².